The highest BCUT2D eigenvalue weighted by atomic mass is 16.5. The molecule has 3 unspecified atom stereocenters. The lowest BCUT2D eigenvalue weighted by Crippen LogP contribution is -2.68. The van der Waals surface area contributed by atoms with Crippen LogP contribution in [0.1, 0.15) is 23.5 Å². The van der Waals surface area contributed by atoms with Gasteiger partial charge in [-0.1, -0.05) is 36.4 Å². The van der Waals surface area contributed by atoms with Crippen molar-refractivity contribution in [1.82, 2.24) is 15.5 Å². The number of hydrogen-bond donors (Lipinski definition) is 2. The Balaban J connectivity index is 1.59. The fourth-order valence-electron chi connectivity index (χ4n) is 4.52. The smallest absolute Gasteiger partial charge is 0.325 e. The molecule has 2 aromatic carbocycles. The lowest BCUT2D eigenvalue weighted by atomic mass is 9.77. The predicted octanol–water partition coefficient (Wildman–Crippen LogP) is 2.52. The number of carbonyl (C=O) groups is 2. The lowest BCUT2D eigenvalue weighted by Gasteiger charge is -2.46. The molecule has 0 bridgehead atoms. The number of fused-ring (bicyclic) bond motifs is 1. The third-order valence-electron chi connectivity index (χ3n) is 6.03. The fraction of sp³-hybridized carbons (Fsp3) is 0.391. The first-order valence-corrected chi connectivity index (χ1v) is 10.2. The second-order valence-electron chi connectivity index (χ2n) is 7.66. The molecule has 7 heteroatoms. The first kappa shape index (κ1) is 20.2. The van der Waals surface area contributed by atoms with Crippen LogP contribution in [0.25, 0.3) is 0 Å². The summed E-state index contributed by atoms with van der Waals surface area (Å²) in [6, 6.07) is 15.5. The van der Waals surface area contributed by atoms with Gasteiger partial charge in [-0.3, -0.25) is 15.4 Å². The van der Waals surface area contributed by atoms with Crippen LogP contribution in [-0.4, -0.2) is 50.3 Å². The van der Waals surface area contributed by atoms with E-state index < -0.39 is 0 Å². The largest absolute Gasteiger partial charge is 0.493 e. The van der Waals surface area contributed by atoms with Crippen molar-refractivity contribution in [2.45, 2.75) is 24.9 Å². The number of piperidine rings is 1. The fourth-order valence-corrected chi connectivity index (χ4v) is 4.52. The Morgan fingerprint density at radius 1 is 1.03 bits per heavy atom. The van der Waals surface area contributed by atoms with Gasteiger partial charge in [0.15, 0.2) is 11.5 Å². The van der Waals surface area contributed by atoms with Crippen molar-refractivity contribution in [1.29, 1.82) is 0 Å². The molecule has 0 aliphatic carbocycles. The van der Waals surface area contributed by atoms with Crippen LogP contribution in [0.4, 0.5) is 4.79 Å². The molecule has 7 nitrogen and oxygen atoms in total. The maximum absolute atomic E-state index is 12.9. The predicted molar refractivity (Wildman–Crippen MR) is 113 cm³/mol. The highest BCUT2D eigenvalue weighted by Crippen LogP contribution is 2.39. The van der Waals surface area contributed by atoms with Crippen LogP contribution >= 0.6 is 0 Å². The average molecular weight is 409 g/mol. The van der Waals surface area contributed by atoms with Gasteiger partial charge in [0.25, 0.3) is 0 Å². The van der Waals surface area contributed by atoms with Crippen LogP contribution in [0.5, 0.6) is 11.5 Å². The van der Waals surface area contributed by atoms with Crippen LogP contribution < -0.4 is 20.1 Å². The molecule has 2 saturated heterocycles. The summed E-state index contributed by atoms with van der Waals surface area (Å²) >= 11 is 0. The first-order chi connectivity index (χ1) is 14.6. The lowest BCUT2D eigenvalue weighted by molar-refractivity contribution is -0.131. The summed E-state index contributed by atoms with van der Waals surface area (Å²) in [6.07, 6.45) is 1.20. The van der Waals surface area contributed by atoms with E-state index in [4.69, 9.17) is 9.47 Å². The minimum atomic E-state index is -0.370. The summed E-state index contributed by atoms with van der Waals surface area (Å²) < 4.78 is 10.8. The Morgan fingerprint density at radius 3 is 2.53 bits per heavy atom. The van der Waals surface area contributed by atoms with Crippen molar-refractivity contribution in [2.75, 3.05) is 27.3 Å². The molecule has 0 saturated carbocycles. The van der Waals surface area contributed by atoms with Crippen molar-refractivity contribution in [2.24, 2.45) is 5.92 Å². The second kappa shape index (κ2) is 8.75. The Morgan fingerprint density at radius 2 is 1.80 bits per heavy atom. The van der Waals surface area contributed by atoms with E-state index >= 15 is 0 Å². The van der Waals surface area contributed by atoms with Gasteiger partial charge in [0.1, 0.15) is 0 Å². The second-order valence-corrected chi connectivity index (χ2v) is 7.66. The average Bonchev–Trinajstić information content (AvgIpc) is 2.78. The van der Waals surface area contributed by atoms with Crippen LogP contribution in [0.15, 0.2) is 48.5 Å². The third kappa shape index (κ3) is 3.85. The molecule has 30 heavy (non-hydrogen) atoms. The van der Waals surface area contributed by atoms with Gasteiger partial charge in [-0.25, -0.2) is 4.79 Å². The van der Waals surface area contributed by atoms with E-state index in [1.807, 2.05) is 48.5 Å². The Hall–Kier alpha value is -3.06. The Kier molecular flexibility index (Phi) is 5.90. The third-order valence-corrected chi connectivity index (χ3v) is 6.03. The molecule has 0 spiro atoms. The van der Waals surface area contributed by atoms with Gasteiger partial charge in [-0.05, 0) is 42.6 Å². The van der Waals surface area contributed by atoms with E-state index in [0.29, 0.717) is 18.0 Å². The van der Waals surface area contributed by atoms with Gasteiger partial charge in [0.2, 0.25) is 5.91 Å². The van der Waals surface area contributed by atoms with E-state index in [2.05, 4.69) is 10.6 Å². The molecule has 2 fully saturated rings. The molecular formula is C23H27N3O4. The zero-order valence-electron chi connectivity index (χ0n) is 17.3. The molecular weight excluding hydrogens is 382 g/mol. The Bertz CT molecular complexity index is 918. The van der Waals surface area contributed by atoms with Crippen molar-refractivity contribution < 1.29 is 19.1 Å². The van der Waals surface area contributed by atoms with Gasteiger partial charge in [-0.15, -0.1) is 0 Å². The number of amides is 3. The monoisotopic (exact) mass is 409 g/mol. The van der Waals surface area contributed by atoms with Crippen LogP contribution in [0, 0.1) is 5.92 Å². The van der Waals surface area contributed by atoms with E-state index in [-0.39, 0.29) is 29.9 Å². The first-order valence-electron chi connectivity index (χ1n) is 10.2. The van der Waals surface area contributed by atoms with Gasteiger partial charge in [0.05, 0.1) is 26.3 Å². The van der Waals surface area contributed by atoms with E-state index in [1.165, 1.54) is 0 Å². The zero-order chi connectivity index (χ0) is 21.1. The van der Waals surface area contributed by atoms with E-state index in [1.54, 1.807) is 19.1 Å². The number of imide groups is 1. The number of rotatable bonds is 6. The standard InChI is InChI=1S/C23H27N3O4/c1-29-18-9-8-16(14-19(18)30-2)17-10-12-24-21-20(17)22(27)25-23(28)26(21)13-11-15-6-4-3-5-7-15/h3-9,14,17,20-21,24H,10-13H2,1-2H3,(H,25,27,28). The molecule has 2 N–H and O–H groups in total. The van der Waals surface area contributed by atoms with Crippen LogP contribution in [0.3, 0.4) is 0 Å². The molecule has 3 amide bonds. The molecule has 3 atom stereocenters. The summed E-state index contributed by atoms with van der Waals surface area (Å²) in [4.78, 5) is 27.2. The Labute approximate surface area is 176 Å². The van der Waals surface area contributed by atoms with Crippen molar-refractivity contribution >= 4 is 11.9 Å². The maximum atomic E-state index is 12.9. The minimum Gasteiger partial charge on any atom is -0.493 e. The number of carbonyl (C=O) groups excluding carboxylic acids is 2. The quantitative estimate of drug-likeness (QED) is 0.766. The number of urea groups is 1. The summed E-state index contributed by atoms with van der Waals surface area (Å²) in [7, 11) is 3.20. The highest BCUT2D eigenvalue weighted by molar-refractivity contribution is 5.99. The number of benzene rings is 2. The molecule has 2 aliphatic rings. The molecule has 2 aromatic rings. The number of nitrogens with one attached hydrogen (secondary N) is 2. The van der Waals surface area contributed by atoms with Crippen LogP contribution in [-0.2, 0) is 11.2 Å². The summed E-state index contributed by atoms with van der Waals surface area (Å²) in [5, 5.41) is 5.98. The normalized spacial score (nSPS) is 23.5. The van der Waals surface area contributed by atoms with Crippen LogP contribution in [0.2, 0.25) is 0 Å². The van der Waals surface area contributed by atoms with Crippen molar-refractivity contribution in [3.8, 4) is 11.5 Å². The SMILES string of the molecule is COc1ccc(C2CCNC3C2C(=O)NC(=O)N3CCc2ccccc2)cc1OC. The number of nitrogens with zero attached hydrogens (tertiary/aromatic N) is 1. The van der Waals surface area contributed by atoms with Gasteiger partial charge >= 0.3 is 6.03 Å². The molecule has 158 valence electrons. The van der Waals surface area contributed by atoms with Crippen molar-refractivity contribution in [3.63, 3.8) is 0 Å². The molecule has 4 rings (SSSR count). The van der Waals surface area contributed by atoms with E-state index in [0.717, 1.165) is 30.5 Å². The highest BCUT2D eigenvalue weighted by Gasteiger charge is 2.47. The number of hydrogen-bond acceptors (Lipinski definition) is 5. The van der Waals surface area contributed by atoms with Gasteiger partial charge in [0, 0.05) is 12.5 Å². The van der Waals surface area contributed by atoms with E-state index in [9.17, 15) is 9.59 Å². The van der Waals surface area contributed by atoms with Crippen molar-refractivity contribution in [3.05, 3.63) is 59.7 Å². The number of methoxy groups -OCH3 is 2. The molecule has 0 aromatic heterocycles. The molecule has 0 radical (unpaired) electrons. The number of ether oxygens (including phenoxy) is 2. The topological polar surface area (TPSA) is 79.9 Å². The maximum Gasteiger partial charge on any atom is 0.325 e. The zero-order valence-corrected chi connectivity index (χ0v) is 17.3. The molecule has 2 aliphatic heterocycles. The summed E-state index contributed by atoms with van der Waals surface area (Å²) in [5.74, 6) is 0.666. The van der Waals surface area contributed by atoms with Gasteiger partial charge < -0.3 is 14.4 Å². The van der Waals surface area contributed by atoms with Gasteiger partial charge in [-0.2, -0.15) is 0 Å². The summed E-state index contributed by atoms with van der Waals surface area (Å²) in [6.45, 7) is 1.26. The molecule has 2 heterocycles. The minimum absolute atomic E-state index is 0.0246. The summed E-state index contributed by atoms with van der Waals surface area (Å²) in [5.41, 5.74) is 2.17.